The first-order valence-electron chi connectivity index (χ1n) is 8.66. The summed E-state index contributed by atoms with van der Waals surface area (Å²) in [6, 6.07) is 0. The number of nitrogens with zero attached hydrogens (tertiary/aromatic N) is 3. The third kappa shape index (κ3) is 4.67. The topological polar surface area (TPSA) is 64.5 Å². The normalized spacial score (nSPS) is 15.5. The van der Waals surface area contributed by atoms with E-state index in [1.807, 2.05) is 13.8 Å². The number of fused-ring (bicyclic) bond motifs is 1. The van der Waals surface area contributed by atoms with Crippen LogP contribution in [-0.2, 0) is 9.47 Å². The Kier molecular flexibility index (Phi) is 7.11. The Morgan fingerprint density at radius 2 is 2.15 bits per heavy atom. The van der Waals surface area contributed by atoms with Gasteiger partial charge < -0.3 is 9.47 Å². The summed E-state index contributed by atoms with van der Waals surface area (Å²) < 4.78 is 10.6. The van der Waals surface area contributed by atoms with Gasteiger partial charge in [0.1, 0.15) is 14.9 Å². The van der Waals surface area contributed by atoms with Crippen molar-refractivity contribution >= 4 is 50.9 Å². The standard InChI is InChI=1S/C17H22ClN3O3S2/c1-3-7-24-16(22)13-11(2)12-14(18)19-17(20-15(12)26-13)25-10-6-21-4-8-23-9-5-21/h3-10H2,1-2H3. The number of morpholine rings is 1. The van der Waals surface area contributed by atoms with Gasteiger partial charge in [0, 0.05) is 25.4 Å². The van der Waals surface area contributed by atoms with Crippen LogP contribution in [-0.4, -0.2) is 66.0 Å². The average molecular weight is 416 g/mol. The number of rotatable bonds is 7. The molecule has 0 saturated carbocycles. The highest BCUT2D eigenvalue weighted by molar-refractivity contribution is 7.99. The van der Waals surface area contributed by atoms with E-state index in [1.165, 1.54) is 11.3 Å². The maximum Gasteiger partial charge on any atom is 0.348 e. The van der Waals surface area contributed by atoms with Crippen molar-refractivity contribution in [2.24, 2.45) is 0 Å². The molecule has 0 amide bonds. The highest BCUT2D eigenvalue weighted by Gasteiger charge is 2.21. The molecule has 0 atom stereocenters. The Morgan fingerprint density at radius 1 is 1.38 bits per heavy atom. The van der Waals surface area contributed by atoms with Gasteiger partial charge in [0.05, 0.1) is 25.2 Å². The number of hydrogen-bond donors (Lipinski definition) is 0. The van der Waals surface area contributed by atoms with Crippen molar-refractivity contribution in [2.75, 3.05) is 45.2 Å². The van der Waals surface area contributed by atoms with Crippen LogP contribution < -0.4 is 0 Å². The van der Waals surface area contributed by atoms with Crippen LogP contribution in [0.4, 0.5) is 0 Å². The lowest BCUT2D eigenvalue weighted by atomic mass is 10.2. The zero-order valence-electron chi connectivity index (χ0n) is 14.9. The number of aryl methyl sites for hydroxylation is 1. The quantitative estimate of drug-likeness (QED) is 0.296. The van der Waals surface area contributed by atoms with Crippen molar-refractivity contribution in [1.82, 2.24) is 14.9 Å². The van der Waals surface area contributed by atoms with E-state index in [2.05, 4.69) is 14.9 Å². The maximum atomic E-state index is 12.2. The van der Waals surface area contributed by atoms with Gasteiger partial charge in [-0.05, 0) is 18.9 Å². The molecule has 1 fully saturated rings. The second kappa shape index (κ2) is 9.32. The monoisotopic (exact) mass is 415 g/mol. The molecule has 9 heteroatoms. The summed E-state index contributed by atoms with van der Waals surface area (Å²) in [5.74, 6) is 0.572. The molecule has 6 nitrogen and oxygen atoms in total. The first-order valence-corrected chi connectivity index (χ1v) is 10.8. The third-order valence-electron chi connectivity index (χ3n) is 4.09. The molecular formula is C17H22ClN3O3S2. The van der Waals surface area contributed by atoms with E-state index in [1.54, 1.807) is 11.8 Å². The number of carbonyl (C=O) groups excluding carboxylic acids is 1. The molecule has 1 aliphatic heterocycles. The largest absolute Gasteiger partial charge is 0.462 e. The summed E-state index contributed by atoms with van der Waals surface area (Å²) in [5, 5.41) is 1.79. The van der Waals surface area contributed by atoms with Crippen LogP contribution in [0.2, 0.25) is 5.15 Å². The first kappa shape index (κ1) is 19.8. The van der Waals surface area contributed by atoms with E-state index in [4.69, 9.17) is 21.1 Å². The average Bonchev–Trinajstić information content (AvgIpc) is 2.98. The second-order valence-corrected chi connectivity index (χ2v) is 8.39. The van der Waals surface area contributed by atoms with Crippen molar-refractivity contribution < 1.29 is 14.3 Å². The number of aromatic nitrogens is 2. The molecule has 2 aromatic rings. The minimum absolute atomic E-state index is 0.315. The molecule has 0 bridgehead atoms. The molecule has 3 heterocycles. The van der Waals surface area contributed by atoms with E-state index in [-0.39, 0.29) is 5.97 Å². The van der Waals surface area contributed by atoms with Gasteiger partial charge in [-0.2, -0.15) is 0 Å². The third-order valence-corrected chi connectivity index (χ3v) is 6.36. The lowest BCUT2D eigenvalue weighted by molar-refractivity contribution is 0.0410. The van der Waals surface area contributed by atoms with E-state index in [9.17, 15) is 4.79 Å². The summed E-state index contributed by atoms with van der Waals surface area (Å²) >= 11 is 9.28. The summed E-state index contributed by atoms with van der Waals surface area (Å²) in [4.78, 5) is 24.9. The lowest BCUT2D eigenvalue weighted by Gasteiger charge is -2.26. The van der Waals surface area contributed by atoms with Crippen LogP contribution in [0.5, 0.6) is 0 Å². The minimum atomic E-state index is -0.315. The van der Waals surface area contributed by atoms with Gasteiger partial charge in [0.2, 0.25) is 0 Å². The number of thiophene rings is 1. The minimum Gasteiger partial charge on any atom is -0.462 e. The predicted octanol–water partition coefficient (Wildman–Crippen LogP) is 3.64. The molecule has 0 N–H and O–H groups in total. The molecule has 26 heavy (non-hydrogen) atoms. The maximum absolute atomic E-state index is 12.2. The van der Waals surface area contributed by atoms with E-state index in [0.29, 0.717) is 21.8 Å². The number of carbonyl (C=O) groups is 1. The van der Waals surface area contributed by atoms with Gasteiger partial charge >= 0.3 is 5.97 Å². The molecule has 0 aromatic carbocycles. The molecular weight excluding hydrogens is 394 g/mol. The fourth-order valence-corrected chi connectivity index (χ4v) is 5.08. The lowest BCUT2D eigenvalue weighted by Crippen LogP contribution is -2.37. The molecule has 0 radical (unpaired) electrons. The van der Waals surface area contributed by atoms with Gasteiger partial charge in [-0.3, -0.25) is 4.90 Å². The van der Waals surface area contributed by atoms with Crippen molar-refractivity contribution in [3.05, 3.63) is 15.6 Å². The summed E-state index contributed by atoms with van der Waals surface area (Å²) in [7, 11) is 0. The van der Waals surface area contributed by atoms with Crippen molar-refractivity contribution in [1.29, 1.82) is 0 Å². The van der Waals surface area contributed by atoms with Crippen molar-refractivity contribution in [3.63, 3.8) is 0 Å². The molecule has 1 saturated heterocycles. The smallest absolute Gasteiger partial charge is 0.348 e. The van der Waals surface area contributed by atoms with E-state index in [0.717, 1.165) is 60.8 Å². The Hall–Kier alpha value is -0.930. The zero-order chi connectivity index (χ0) is 18.5. The molecule has 2 aromatic heterocycles. The Labute approximate surface area is 166 Å². The van der Waals surface area contributed by atoms with Crippen LogP contribution in [0, 0.1) is 6.92 Å². The fourth-order valence-electron chi connectivity index (χ4n) is 2.68. The summed E-state index contributed by atoms with van der Waals surface area (Å²) in [6.07, 6.45) is 0.792. The molecule has 0 unspecified atom stereocenters. The van der Waals surface area contributed by atoms with Crippen LogP contribution in [0.1, 0.15) is 28.6 Å². The SMILES string of the molecule is CCCOC(=O)c1sc2nc(SCCN3CCOCC3)nc(Cl)c2c1C. The van der Waals surface area contributed by atoms with Gasteiger partial charge in [-0.25, -0.2) is 14.8 Å². The second-order valence-electron chi connectivity index (χ2n) is 5.97. The summed E-state index contributed by atoms with van der Waals surface area (Å²) in [5.41, 5.74) is 0.793. The van der Waals surface area contributed by atoms with Crippen LogP contribution in [0.25, 0.3) is 10.2 Å². The molecule has 0 spiro atoms. The van der Waals surface area contributed by atoms with Gasteiger partial charge in [-0.1, -0.05) is 30.3 Å². The molecule has 0 aliphatic carbocycles. The molecule has 1 aliphatic rings. The molecule has 3 rings (SSSR count). The first-order chi connectivity index (χ1) is 12.6. The Bertz CT molecular complexity index is 778. The zero-order valence-corrected chi connectivity index (χ0v) is 17.3. The number of esters is 1. The molecule has 142 valence electrons. The Balaban J connectivity index is 1.71. The van der Waals surface area contributed by atoms with Crippen molar-refractivity contribution in [2.45, 2.75) is 25.4 Å². The predicted molar refractivity (Wildman–Crippen MR) is 106 cm³/mol. The summed E-state index contributed by atoms with van der Waals surface area (Å²) in [6.45, 7) is 8.73. The number of ether oxygens (including phenoxy) is 2. The van der Waals surface area contributed by atoms with Crippen LogP contribution in [0.15, 0.2) is 5.16 Å². The number of halogens is 1. The van der Waals surface area contributed by atoms with Crippen LogP contribution in [0.3, 0.4) is 0 Å². The number of thioether (sulfide) groups is 1. The van der Waals surface area contributed by atoms with Gasteiger partial charge in [0.25, 0.3) is 0 Å². The highest BCUT2D eigenvalue weighted by atomic mass is 35.5. The fraction of sp³-hybridized carbons (Fsp3) is 0.588. The van der Waals surface area contributed by atoms with E-state index >= 15 is 0 Å². The van der Waals surface area contributed by atoms with Gasteiger partial charge in [-0.15, -0.1) is 11.3 Å². The Morgan fingerprint density at radius 3 is 2.88 bits per heavy atom. The number of hydrogen-bond acceptors (Lipinski definition) is 8. The highest BCUT2D eigenvalue weighted by Crippen LogP contribution is 2.35. The van der Waals surface area contributed by atoms with Crippen LogP contribution >= 0.6 is 34.7 Å². The van der Waals surface area contributed by atoms with Gasteiger partial charge in [0.15, 0.2) is 5.16 Å². The van der Waals surface area contributed by atoms with Crippen molar-refractivity contribution in [3.8, 4) is 0 Å². The van der Waals surface area contributed by atoms with E-state index < -0.39 is 0 Å².